The Bertz CT molecular complexity index is 2030. The number of ether oxygens (including phenoxy) is 10. The molecule has 77 heavy (non-hydrogen) atoms. The number of carbonyl (C=O) groups excluding carboxylic acids is 1. The summed E-state index contributed by atoms with van der Waals surface area (Å²) in [4.78, 5) is 12.3. The first-order chi connectivity index (χ1) is 36.5. The van der Waals surface area contributed by atoms with Crippen LogP contribution in [-0.2, 0) is 52.2 Å². The van der Waals surface area contributed by atoms with E-state index in [0.29, 0.717) is 37.1 Å². The van der Waals surface area contributed by atoms with E-state index >= 15 is 0 Å². The highest BCUT2D eigenvalue weighted by molar-refractivity contribution is 5.66. The number of aliphatic hydroxyl groups is 13. The van der Waals surface area contributed by atoms with Crippen molar-refractivity contribution in [2.45, 2.75) is 233 Å². The maximum absolute atomic E-state index is 12.3. The van der Waals surface area contributed by atoms with Gasteiger partial charge in [-0.25, -0.2) is 0 Å². The minimum Gasteiger partial charge on any atom is -0.456 e. The summed E-state index contributed by atoms with van der Waals surface area (Å²) < 4.78 is 60.5. The molecule has 33 unspecified atom stereocenters. The maximum Gasteiger partial charge on any atom is 0.303 e. The van der Waals surface area contributed by atoms with Crippen molar-refractivity contribution in [3.05, 3.63) is 0 Å². The van der Waals surface area contributed by atoms with Crippen molar-refractivity contribution in [3.8, 4) is 0 Å². The first-order valence-corrected chi connectivity index (χ1v) is 27.9. The summed E-state index contributed by atoms with van der Waals surface area (Å²) in [5.74, 6) is -0.457. The van der Waals surface area contributed by atoms with E-state index in [1.165, 1.54) is 6.92 Å². The Morgan fingerprint density at radius 2 is 1.23 bits per heavy atom. The fraction of sp³-hybridized carbons (Fsp3) is 0.981. The second-order valence-electron chi connectivity index (χ2n) is 24.8. The SMILES string of the molecule is CC(=O)OC1C(C)CNC2C(C)C3C(CC4C5CCC6CC(OC7OC(CO)C(OC8OC(CO)C(O)C(OC9OCC(O)C(O)C9O)C8OC8OC(CO)C(O)C(O)C8O)C(O)C7O)CCC6(C)C5CCC43C)OC21O. The van der Waals surface area contributed by atoms with Crippen LogP contribution in [0.15, 0.2) is 0 Å². The van der Waals surface area contributed by atoms with Crippen molar-refractivity contribution < 1.29 is 119 Å². The minimum absolute atomic E-state index is 0.0141. The molecule has 6 heterocycles. The molecule has 442 valence electrons. The first-order valence-electron chi connectivity index (χ1n) is 27.9. The number of hydrogen-bond acceptors (Lipinski definition) is 25. The Hall–Kier alpha value is -1.45. The third kappa shape index (κ3) is 10.2. The van der Waals surface area contributed by atoms with Crippen molar-refractivity contribution in [2.75, 3.05) is 33.0 Å². The Kier molecular flexibility index (Phi) is 17.2. The highest BCUT2D eigenvalue weighted by Gasteiger charge is 2.70. The predicted molar refractivity (Wildman–Crippen MR) is 257 cm³/mol. The number of carbonyl (C=O) groups is 1. The van der Waals surface area contributed by atoms with E-state index in [0.717, 1.165) is 38.5 Å². The van der Waals surface area contributed by atoms with Gasteiger partial charge in [0.2, 0.25) is 5.79 Å². The van der Waals surface area contributed by atoms with Crippen molar-refractivity contribution in [3.63, 3.8) is 0 Å². The average Bonchev–Trinajstić information content (AvgIpc) is 4.00. The van der Waals surface area contributed by atoms with Crippen LogP contribution in [-0.4, -0.2) is 252 Å². The molecule has 25 heteroatoms. The third-order valence-corrected chi connectivity index (χ3v) is 20.6. The van der Waals surface area contributed by atoms with Crippen molar-refractivity contribution in [1.29, 1.82) is 0 Å². The van der Waals surface area contributed by atoms with Crippen LogP contribution in [0.3, 0.4) is 0 Å². The van der Waals surface area contributed by atoms with Crippen LogP contribution in [0.4, 0.5) is 0 Å². The molecule has 0 bridgehead atoms. The van der Waals surface area contributed by atoms with Gasteiger partial charge in [-0.2, -0.15) is 0 Å². The molecule has 6 saturated heterocycles. The van der Waals surface area contributed by atoms with Crippen molar-refractivity contribution in [2.24, 2.45) is 52.3 Å². The quantitative estimate of drug-likeness (QED) is 0.0651. The summed E-state index contributed by atoms with van der Waals surface area (Å²) in [6.07, 6.45) is -27.7. The van der Waals surface area contributed by atoms with E-state index in [4.69, 9.17) is 47.4 Å². The number of fused-ring (bicyclic) bond motifs is 8. The summed E-state index contributed by atoms with van der Waals surface area (Å²) in [7, 11) is 0. The van der Waals surface area contributed by atoms with E-state index in [1.54, 1.807) is 0 Å². The molecule has 0 spiro atoms. The molecule has 0 radical (unpaired) electrons. The number of nitrogens with one attached hydrogen (secondary N) is 1. The minimum atomic E-state index is -2.02. The smallest absolute Gasteiger partial charge is 0.303 e. The highest BCUT2D eigenvalue weighted by atomic mass is 16.8. The topological polar surface area (TPSA) is 384 Å². The predicted octanol–water partition coefficient (Wildman–Crippen LogP) is -4.18. The van der Waals surface area contributed by atoms with Crippen LogP contribution in [0.25, 0.3) is 0 Å². The Balaban J connectivity index is 0.817. The fourth-order valence-electron chi connectivity index (χ4n) is 16.6. The Morgan fingerprint density at radius 3 is 1.94 bits per heavy atom. The lowest BCUT2D eigenvalue weighted by Crippen LogP contribution is -2.74. The van der Waals surface area contributed by atoms with Crippen LogP contribution in [0.1, 0.15) is 86.0 Å². The van der Waals surface area contributed by atoms with Gasteiger partial charge in [-0.15, -0.1) is 0 Å². The van der Waals surface area contributed by atoms with Crippen LogP contribution in [0.5, 0.6) is 0 Å². The molecule has 4 saturated carbocycles. The molecule has 0 aromatic heterocycles. The third-order valence-electron chi connectivity index (χ3n) is 20.6. The second-order valence-corrected chi connectivity index (χ2v) is 24.8. The van der Waals surface area contributed by atoms with E-state index in [2.05, 4.69) is 26.1 Å². The van der Waals surface area contributed by atoms with Crippen LogP contribution in [0.2, 0.25) is 0 Å². The molecule has 0 amide bonds. The zero-order valence-electron chi connectivity index (χ0n) is 44.3. The number of piperidine rings is 1. The molecule has 6 aliphatic heterocycles. The number of hydrogen-bond donors (Lipinski definition) is 14. The van der Waals surface area contributed by atoms with Gasteiger partial charge in [0, 0.05) is 19.4 Å². The van der Waals surface area contributed by atoms with Gasteiger partial charge in [0.15, 0.2) is 31.3 Å². The Morgan fingerprint density at radius 1 is 0.623 bits per heavy atom. The number of aliphatic hydroxyl groups excluding tert-OH is 12. The summed E-state index contributed by atoms with van der Waals surface area (Å²) in [5, 5.41) is 145. The van der Waals surface area contributed by atoms with Gasteiger partial charge >= 0.3 is 5.97 Å². The lowest BCUT2D eigenvalue weighted by molar-refractivity contribution is -0.404. The second kappa shape index (κ2) is 22.6. The molecule has 0 aromatic carbocycles. The van der Waals surface area contributed by atoms with Crippen LogP contribution >= 0.6 is 0 Å². The molecule has 4 aliphatic carbocycles. The van der Waals surface area contributed by atoms with Crippen LogP contribution < -0.4 is 5.32 Å². The molecule has 10 rings (SSSR count). The van der Waals surface area contributed by atoms with Gasteiger partial charge in [-0.05, 0) is 97.7 Å². The molecular weight excluding hydrogens is 1020 g/mol. The largest absolute Gasteiger partial charge is 0.456 e. The van der Waals surface area contributed by atoms with Gasteiger partial charge in [-0.3, -0.25) is 4.79 Å². The lowest BCUT2D eigenvalue weighted by Gasteiger charge is -2.62. The summed E-state index contributed by atoms with van der Waals surface area (Å²) in [6, 6.07) is -0.387. The van der Waals surface area contributed by atoms with Gasteiger partial charge in [-0.1, -0.05) is 27.7 Å². The molecule has 0 aromatic rings. The molecule has 10 fully saturated rings. The van der Waals surface area contributed by atoms with Gasteiger partial charge in [0.25, 0.3) is 0 Å². The zero-order valence-corrected chi connectivity index (χ0v) is 44.3. The van der Waals surface area contributed by atoms with Crippen LogP contribution in [0, 0.1) is 52.3 Å². The van der Waals surface area contributed by atoms with Gasteiger partial charge in [0.1, 0.15) is 91.6 Å². The van der Waals surface area contributed by atoms with E-state index < -0.39 is 167 Å². The number of esters is 1. The monoisotopic (exact) mass is 1110 g/mol. The molecule has 25 nitrogen and oxygen atoms in total. The maximum atomic E-state index is 12.3. The zero-order chi connectivity index (χ0) is 55.4. The molecule has 33 atom stereocenters. The van der Waals surface area contributed by atoms with Gasteiger partial charge < -0.3 is 119 Å². The Labute approximate surface area is 446 Å². The fourth-order valence-corrected chi connectivity index (χ4v) is 16.6. The molecule has 14 N–H and O–H groups in total. The molecular formula is C52H85NO24. The standard InChI is InChI=1S/C52H85NO24/c1-19-14-53-44-20(2)32-28(77-52(44,67)45(19)69-21(3)57)13-26-24-7-6-22-12-23(8-10-50(22,4)25(24)9-11-51(26,32)5)70-47-40(66)37(63)41(31(17-56)73-47)74-49-43(76-48-39(65)36(62)34(60)29(15-54)71-48)42(35(61)30(16-55)72-49)75-46-38(64)33(59)27(58)18-68-46/h19-20,22-49,53-56,58-67H,6-18H2,1-5H3. The van der Waals surface area contributed by atoms with Crippen molar-refractivity contribution >= 4 is 5.97 Å². The number of rotatable bonds is 12. The van der Waals surface area contributed by atoms with E-state index in [-0.39, 0.29) is 46.6 Å². The summed E-state index contributed by atoms with van der Waals surface area (Å²) in [5.41, 5.74) is -0.0378. The van der Waals surface area contributed by atoms with E-state index in [1.807, 2.05) is 6.92 Å². The highest BCUT2D eigenvalue weighted by Crippen LogP contribution is 2.70. The average molecular weight is 1110 g/mol. The van der Waals surface area contributed by atoms with E-state index in [9.17, 15) is 71.2 Å². The molecule has 10 aliphatic rings. The van der Waals surface area contributed by atoms with Gasteiger partial charge in [0.05, 0.1) is 44.7 Å². The van der Waals surface area contributed by atoms with Crippen molar-refractivity contribution in [1.82, 2.24) is 5.32 Å². The normalized spacial score (nSPS) is 56.7. The summed E-state index contributed by atoms with van der Waals surface area (Å²) >= 11 is 0. The lowest BCUT2D eigenvalue weighted by atomic mass is 9.44. The summed E-state index contributed by atoms with van der Waals surface area (Å²) in [6.45, 7) is 7.90. The first kappa shape index (κ1) is 58.7.